The van der Waals surface area contributed by atoms with Gasteiger partial charge in [-0.05, 0) is 49.9 Å². The number of alkyl halides is 4. The number of rotatable bonds is 4. The van der Waals surface area contributed by atoms with E-state index in [-0.39, 0.29) is 9.92 Å². The number of halogens is 5. The smallest absolute Gasteiger partial charge is 0.316 e. The lowest BCUT2D eigenvalue weighted by Gasteiger charge is -2.21. The molecule has 2 aromatic rings. The Hall–Kier alpha value is -0.680. The molecule has 0 aliphatic carbocycles. The third-order valence-electron chi connectivity index (χ3n) is 3.94. The second kappa shape index (κ2) is 7.75. The summed E-state index contributed by atoms with van der Waals surface area (Å²) in [4.78, 5) is 4.68. The zero-order chi connectivity index (χ0) is 19.9. The Labute approximate surface area is 165 Å². The summed E-state index contributed by atoms with van der Waals surface area (Å²) < 4.78 is 39.9. The highest BCUT2D eigenvalue weighted by atomic mass is 35.5. The topological polar surface area (TPSA) is 17.3 Å². The van der Waals surface area contributed by atoms with Gasteiger partial charge in [0, 0.05) is 17.5 Å². The second-order valence-corrected chi connectivity index (χ2v) is 13.0. The molecule has 0 N–H and O–H groups in total. The Morgan fingerprint density at radius 1 is 1.35 bits per heavy atom. The molecule has 1 aromatic carbocycles. The van der Waals surface area contributed by atoms with Crippen LogP contribution in [0.3, 0.4) is 0 Å². The molecule has 144 valence electrons. The highest BCUT2D eigenvalue weighted by molar-refractivity contribution is 7.74. The highest BCUT2D eigenvalue weighted by Gasteiger charge is 2.34. The summed E-state index contributed by atoms with van der Waals surface area (Å²) >= 11 is 13.7. The number of aryl methyl sites for hydroxylation is 1. The molecule has 1 aromatic heterocycles. The standard InChI is InChI=1S/C17H20Cl2F3N2PS/c1-10-6-12(18)11(8-15(19)25(3,4)5)7-13(10)23-16-24(2)14(9-26-16)17(20,21)22/h6-7,9,15H,3,8H2,1-2,4-5H3. The van der Waals surface area contributed by atoms with Gasteiger partial charge < -0.3 is 4.57 Å². The normalized spacial score (nSPS) is 14.7. The maximum absolute atomic E-state index is 13.0. The molecule has 0 amide bonds. The van der Waals surface area contributed by atoms with Crippen molar-refractivity contribution in [3.05, 3.63) is 44.2 Å². The van der Waals surface area contributed by atoms with Gasteiger partial charge in [-0.2, -0.15) is 13.2 Å². The zero-order valence-electron chi connectivity index (χ0n) is 14.9. The number of benzene rings is 1. The van der Waals surface area contributed by atoms with Gasteiger partial charge >= 0.3 is 6.18 Å². The summed E-state index contributed by atoms with van der Waals surface area (Å²) in [5.74, 6) is 0. The van der Waals surface area contributed by atoms with E-state index in [1.54, 1.807) is 12.1 Å². The number of hydrogen-bond acceptors (Lipinski definition) is 2. The molecule has 0 aliphatic rings. The van der Waals surface area contributed by atoms with Gasteiger partial charge in [0.2, 0.25) is 0 Å². The lowest BCUT2D eigenvalue weighted by atomic mass is 10.1. The number of hydrogen-bond donors (Lipinski definition) is 0. The molecule has 1 atom stereocenters. The molecule has 0 fully saturated rings. The Balaban J connectivity index is 2.50. The first-order chi connectivity index (χ1) is 11.8. The largest absolute Gasteiger partial charge is 0.432 e. The van der Waals surface area contributed by atoms with Gasteiger partial charge in [-0.1, -0.05) is 24.8 Å². The van der Waals surface area contributed by atoms with Crippen LogP contribution in [-0.2, 0) is 19.6 Å². The fraction of sp³-hybridized carbons (Fsp3) is 0.412. The van der Waals surface area contributed by atoms with Crippen molar-refractivity contribution in [1.82, 2.24) is 4.57 Å². The van der Waals surface area contributed by atoms with Crippen LogP contribution in [0.1, 0.15) is 16.8 Å². The van der Waals surface area contributed by atoms with Crippen molar-refractivity contribution in [1.29, 1.82) is 0 Å². The van der Waals surface area contributed by atoms with Crippen LogP contribution in [0.15, 0.2) is 22.5 Å². The number of aromatic nitrogens is 1. The monoisotopic (exact) mass is 442 g/mol. The maximum Gasteiger partial charge on any atom is 0.432 e. The van der Waals surface area contributed by atoms with Gasteiger partial charge in [0.05, 0.1) is 10.8 Å². The van der Waals surface area contributed by atoms with E-state index >= 15 is 0 Å². The lowest BCUT2D eigenvalue weighted by molar-refractivity contribution is -0.143. The molecule has 9 heteroatoms. The van der Waals surface area contributed by atoms with Crippen LogP contribution in [0.2, 0.25) is 5.02 Å². The summed E-state index contributed by atoms with van der Waals surface area (Å²) in [6, 6.07) is 3.57. The molecule has 1 heterocycles. The van der Waals surface area contributed by atoms with Crippen LogP contribution < -0.4 is 4.80 Å². The third kappa shape index (κ3) is 4.98. The van der Waals surface area contributed by atoms with E-state index in [0.717, 1.165) is 32.4 Å². The zero-order valence-corrected chi connectivity index (χ0v) is 18.1. The molecular weight excluding hydrogens is 423 g/mol. The number of thiazole rings is 1. The lowest BCUT2D eigenvalue weighted by Crippen LogP contribution is -2.18. The minimum Gasteiger partial charge on any atom is -0.316 e. The summed E-state index contributed by atoms with van der Waals surface area (Å²) in [5, 5.41) is 1.51. The van der Waals surface area contributed by atoms with E-state index in [2.05, 4.69) is 11.3 Å². The molecule has 26 heavy (non-hydrogen) atoms. The van der Waals surface area contributed by atoms with E-state index in [0.29, 0.717) is 17.1 Å². The van der Waals surface area contributed by atoms with Crippen molar-refractivity contribution in [2.75, 3.05) is 13.3 Å². The van der Waals surface area contributed by atoms with E-state index in [4.69, 9.17) is 23.2 Å². The minimum atomic E-state index is -4.41. The Kier molecular flexibility index (Phi) is 6.44. The summed E-state index contributed by atoms with van der Waals surface area (Å²) in [6.45, 7) is 4.40. The van der Waals surface area contributed by atoms with Crippen molar-refractivity contribution in [2.45, 2.75) is 24.6 Å². The van der Waals surface area contributed by atoms with Gasteiger partial charge in [0.1, 0.15) is 5.69 Å². The predicted molar refractivity (Wildman–Crippen MR) is 109 cm³/mol. The van der Waals surface area contributed by atoms with E-state index < -0.39 is 18.8 Å². The van der Waals surface area contributed by atoms with Crippen LogP contribution in [0.4, 0.5) is 18.9 Å². The van der Waals surface area contributed by atoms with Gasteiger partial charge in [-0.15, -0.1) is 22.9 Å². The first-order valence-corrected chi connectivity index (χ1v) is 12.3. The molecule has 0 spiro atoms. The minimum absolute atomic E-state index is 0.134. The SMILES string of the molecule is C=P(C)(C)C(Cl)Cc1cc(N=c2scc(C(F)(F)F)n2C)c(C)cc1Cl. The molecule has 0 saturated carbocycles. The predicted octanol–water partition coefficient (Wildman–Crippen LogP) is 6.12. The van der Waals surface area contributed by atoms with Gasteiger partial charge in [-0.3, -0.25) is 0 Å². The van der Waals surface area contributed by atoms with E-state index in [1.165, 1.54) is 7.05 Å². The molecule has 2 nitrogen and oxygen atoms in total. The van der Waals surface area contributed by atoms with Gasteiger partial charge in [0.25, 0.3) is 0 Å². The van der Waals surface area contributed by atoms with Crippen molar-refractivity contribution in [3.8, 4) is 0 Å². The van der Waals surface area contributed by atoms with E-state index in [9.17, 15) is 13.2 Å². The molecule has 0 saturated heterocycles. The first-order valence-electron chi connectivity index (χ1n) is 7.68. The molecule has 0 bridgehead atoms. The van der Waals surface area contributed by atoms with Crippen molar-refractivity contribution >= 4 is 53.4 Å². The molecule has 0 aliphatic heterocycles. The van der Waals surface area contributed by atoms with Crippen molar-refractivity contribution in [2.24, 2.45) is 12.0 Å². The molecule has 0 radical (unpaired) electrons. The van der Waals surface area contributed by atoms with Crippen LogP contribution >= 0.6 is 41.4 Å². The third-order valence-corrected chi connectivity index (χ3v) is 8.65. The fourth-order valence-electron chi connectivity index (χ4n) is 2.24. The van der Waals surface area contributed by atoms with Gasteiger partial charge in [0.15, 0.2) is 4.80 Å². The fourth-order valence-corrected chi connectivity index (χ4v) is 4.31. The first kappa shape index (κ1) is 21.6. The maximum atomic E-state index is 13.0. The van der Waals surface area contributed by atoms with E-state index in [1.807, 2.05) is 20.3 Å². The molecular formula is C17H20Cl2F3N2PS. The Bertz CT molecular complexity index is 925. The van der Waals surface area contributed by atoms with Crippen LogP contribution in [0.5, 0.6) is 0 Å². The van der Waals surface area contributed by atoms with Crippen molar-refractivity contribution < 1.29 is 13.2 Å². The van der Waals surface area contributed by atoms with Crippen molar-refractivity contribution in [3.63, 3.8) is 0 Å². The highest BCUT2D eigenvalue weighted by Crippen LogP contribution is 2.46. The summed E-state index contributed by atoms with van der Waals surface area (Å²) in [5.41, 5.74) is 1.47. The van der Waals surface area contributed by atoms with Crippen LogP contribution in [-0.4, -0.2) is 29.3 Å². The van der Waals surface area contributed by atoms with Crippen LogP contribution in [0, 0.1) is 6.92 Å². The number of nitrogens with zero attached hydrogens (tertiary/aromatic N) is 2. The summed E-state index contributed by atoms with van der Waals surface area (Å²) in [6.07, 6.45) is 0.277. The quantitative estimate of drug-likeness (QED) is 0.401. The van der Waals surface area contributed by atoms with Gasteiger partial charge in [-0.25, -0.2) is 4.99 Å². The average molecular weight is 443 g/mol. The molecule has 2 rings (SSSR count). The summed E-state index contributed by atoms with van der Waals surface area (Å²) in [7, 11) is 1.36. The Morgan fingerprint density at radius 2 is 1.96 bits per heavy atom. The second-order valence-electron chi connectivity index (χ2n) is 6.72. The average Bonchev–Trinajstić information content (AvgIpc) is 2.84. The molecule has 1 unspecified atom stereocenters. The Morgan fingerprint density at radius 3 is 2.46 bits per heavy atom. The van der Waals surface area contributed by atoms with Crippen LogP contribution in [0.25, 0.3) is 0 Å².